The van der Waals surface area contributed by atoms with Crippen LogP contribution in [-0.4, -0.2) is 15.6 Å². The van der Waals surface area contributed by atoms with Crippen molar-refractivity contribution in [3.8, 4) is 0 Å². The van der Waals surface area contributed by atoms with Crippen LogP contribution in [0.15, 0.2) is 70.7 Å². The molecule has 0 bridgehead atoms. The Balaban J connectivity index is 1.68. The number of hydrogen-bond donors (Lipinski definition) is 1. The molecule has 0 aliphatic carbocycles. The predicted octanol–water partition coefficient (Wildman–Crippen LogP) is 4.07. The lowest BCUT2D eigenvalue weighted by atomic mass is 10.1. The van der Waals surface area contributed by atoms with Crippen LogP contribution in [0.2, 0.25) is 0 Å². The first-order valence-electron chi connectivity index (χ1n) is 7.59. The quantitative estimate of drug-likeness (QED) is 0.719. The van der Waals surface area contributed by atoms with E-state index in [1.54, 1.807) is 0 Å². The minimum absolute atomic E-state index is 0.109. The molecule has 0 unspecified atom stereocenters. The number of amides is 1. The highest BCUT2D eigenvalue weighted by Crippen LogP contribution is 2.30. The summed E-state index contributed by atoms with van der Waals surface area (Å²) in [5, 5.41) is 4.57. The van der Waals surface area contributed by atoms with Gasteiger partial charge in [0.2, 0.25) is 0 Å². The molecule has 1 amide bonds. The van der Waals surface area contributed by atoms with Crippen molar-refractivity contribution in [2.45, 2.75) is 0 Å². The maximum Gasteiger partial charge on any atom is 0.264 e. The molecule has 2 aromatic carbocycles. The van der Waals surface area contributed by atoms with Crippen LogP contribution in [0.1, 0.15) is 5.56 Å². The number of benzene rings is 2. The molecular formula is C19H15N3OS. The molecule has 1 fully saturated rings. The van der Waals surface area contributed by atoms with Gasteiger partial charge in [-0.2, -0.15) is 0 Å². The van der Waals surface area contributed by atoms with Gasteiger partial charge in [-0.1, -0.05) is 36.4 Å². The highest BCUT2D eigenvalue weighted by molar-refractivity contribution is 8.18. The van der Waals surface area contributed by atoms with Crippen LogP contribution in [0.25, 0.3) is 17.0 Å². The number of carbonyl (C=O) groups is 1. The zero-order valence-electron chi connectivity index (χ0n) is 13.1. The molecule has 24 heavy (non-hydrogen) atoms. The number of hydrogen-bond acceptors (Lipinski definition) is 3. The van der Waals surface area contributed by atoms with Crippen LogP contribution in [0, 0.1) is 0 Å². The second-order valence-electron chi connectivity index (χ2n) is 5.53. The summed E-state index contributed by atoms with van der Waals surface area (Å²) in [6.45, 7) is 0. The average Bonchev–Trinajstić information content (AvgIpc) is 3.10. The SMILES string of the molecule is Cn1cc(C=C2SC(=Nc3ccccc3)NC2=O)c2ccccc21. The van der Waals surface area contributed by atoms with Crippen molar-refractivity contribution in [2.24, 2.45) is 12.0 Å². The summed E-state index contributed by atoms with van der Waals surface area (Å²) in [6.07, 6.45) is 3.97. The van der Waals surface area contributed by atoms with E-state index in [9.17, 15) is 4.79 Å². The van der Waals surface area contributed by atoms with E-state index in [0.717, 1.165) is 22.2 Å². The Morgan fingerprint density at radius 3 is 2.67 bits per heavy atom. The number of aliphatic imine (C=N–C) groups is 1. The molecule has 1 aliphatic heterocycles. The molecule has 1 aromatic heterocycles. The van der Waals surface area contributed by atoms with Crippen LogP contribution in [-0.2, 0) is 11.8 Å². The number of aromatic nitrogens is 1. The molecule has 118 valence electrons. The van der Waals surface area contributed by atoms with Crippen molar-refractivity contribution < 1.29 is 4.79 Å². The largest absolute Gasteiger partial charge is 0.350 e. The van der Waals surface area contributed by atoms with Gasteiger partial charge in [0.05, 0.1) is 10.6 Å². The fourth-order valence-corrected chi connectivity index (χ4v) is 3.56. The number of aryl methyl sites for hydroxylation is 1. The number of rotatable bonds is 2. The Bertz CT molecular complexity index is 986. The summed E-state index contributed by atoms with van der Waals surface area (Å²) in [7, 11) is 2.01. The summed E-state index contributed by atoms with van der Waals surface area (Å²) < 4.78 is 2.07. The van der Waals surface area contributed by atoms with Crippen LogP contribution < -0.4 is 5.32 Å². The Labute approximate surface area is 143 Å². The van der Waals surface area contributed by atoms with Gasteiger partial charge in [-0.25, -0.2) is 4.99 Å². The maximum atomic E-state index is 12.2. The smallest absolute Gasteiger partial charge is 0.264 e. The molecule has 2 heterocycles. The highest BCUT2D eigenvalue weighted by Gasteiger charge is 2.24. The fraction of sp³-hybridized carbons (Fsp3) is 0.0526. The lowest BCUT2D eigenvalue weighted by Crippen LogP contribution is -2.19. The van der Waals surface area contributed by atoms with Gasteiger partial charge in [0.1, 0.15) is 0 Å². The monoisotopic (exact) mass is 333 g/mol. The van der Waals surface area contributed by atoms with Crippen LogP contribution in [0.4, 0.5) is 5.69 Å². The molecule has 5 heteroatoms. The highest BCUT2D eigenvalue weighted by atomic mass is 32.2. The van der Waals surface area contributed by atoms with Gasteiger partial charge in [-0.05, 0) is 36.0 Å². The molecule has 4 nitrogen and oxygen atoms in total. The topological polar surface area (TPSA) is 46.4 Å². The lowest BCUT2D eigenvalue weighted by molar-refractivity contribution is -0.115. The van der Waals surface area contributed by atoms with Gasteiger partial charge in [0.25, 0.3) is 5.91 Å². The van der Waals surface area contributed by atoms with E-state index < -0.39 is 0 Å². The van der Waals surface area contributed by atoms with Gasteiger partial charge in [-0.3, -0.25) is 4.79 Å². The number of para-hydroxylation sites is 2. The molecule has 3 aromatic rings. The third-order valence-corrected chi connectivity index (χ3v) is 4.76. The van der Waals surface area contributed by atoms with Crippen molar-refractivity contribution in [1.29, 1.82) is 0 Å². The van der Waals surface area contributed by atoms with Gasteiger partial charge < -0.3 is 9.88 Å². The van der Waals surface area contributed by atoms with Crippen LogP contribution in [0.3, 0.4) is 0 Å². The molecule has 1 N–H and O–H groups in total. The van der Waals surface area contributed by atoms with E-state index >= 15 is 0 Å². The van der Waals surface area contributed by atoms with Crippen molar-refractivity contribution in [3.05, 3.63) is 71.3 Å². The first kappa shape index (κ1) is 14.8. The average molecular weight is 333 g/mol. The summed E-state index contributed by atoms with van der Waals surface area (Å²) in [4.78, 5) is 17.4. The third-order valence-electron chi connectivity index (χ3n) is 3.85. The number of carbonyl (C=O) groups excluding carboxylic acids is 1. The van der Waals surface area contributed by atoms with Crippen LogP contribution in [0.5, 0.6) is 0 Å². The van der Waals surface area contributed by atoms with Gasteiger partial charge in [0, 0.05) is 29.7 Å². The molecular weight excluding hydrogens is 318 g/mol. The number of fused-ring (bicyclic) bond motifs is 1. The van der Waals surface area contributed by atoms with Crippen molar-refractivity contribution in [1.82, 2.24) is 9.88 Å². The fourth-order valence-electron chi connectivity index (χ4n) is 2.73. The summed E-state index contributed by atoms with van der Waals surface area (Å²) in [5.74, 6) is -0.109. The molecule has 4 rings (SSSR count). The first-order valence-corrected chi connectivity index (χ1v) is 8.41. The Hall–Kier alpha value is -2.79. The molecule has 1 saturated heterocycles. The summed E-state index contributed by atoms with van der Waals surface area (Å²) >= 11 is 1.37. The first-order chi connectivity index (χ1) is 11.7. The normalized spacial score (nSPS) is 17.8. The van der Waals surface area contributed by atoms with Crippen LogP contribution >= 0.6 is 11.8 Å². The minimum atomic E-state index is -0.109. The number of nitrogens with one attached hydrogen (secondary N) is 1. The third kappa shape index (κ3) is 2.74. The van der Waals surface area contributed by atoms with E-state index in [2.05, 4.69) is 27.0 Å². The molecule has 0 spiro atoms. The van der Waals surface area contributed by atoms with Gasteiger partial charge in [0.15, 0.2) is 5.17 Å². The molecule has 0 radical (unpaired) electrons. The molecule has 1 aliphatic rings. The van der Waals surface area contributed by atoms with Crippen molar-refractivity contribution in [2.75, 3.05) is 0 Å². The minimum Gasteiger partial charge on any atom is -0.350 e. The zero-order valence-corrected chi connectivity index (χ0v) is 13.9. The number of thioether (sulfide) groups is 1. The molecule has 0 saturated carbocycles. The van der Waals surface area contributed by atoms with E-state index in [1.807, 2.05) is 61.8 Å². The number of nitrogens with zero attached hydrogens (tertiary/aromatic N) is 2. The second kappa shape index (κ2) is 6.02. The second-order valence-corrected chi connectivity index (χ2v) is 6.56. The van der Waals surface area contributed by atoms with Gasteiger partial charge in [-0.15, -0.1) is 0 Å². The molecule has 0 atom stereocenters. The van der Waals surface area contributed by atoms with Gasteiger partial charge >= 0.3 is 0 Å². The van der Waals surface area contributed by atoms with Crippen molar-refractivity contribution >= 4 is 45.5 Å². The predicted molar refractivity (Wildman–Crippen MR) is 100 cm³/mol. The Kier molecular flexibility index (Phi) is 3.70. The zero-order chi connectivity index (χ0) is 16.5. The van der Waals surface area contributed by atoms with E-state index in [4.69, 9.17) is 0 Å². The van der Waals surface area contributed by atoms with E-state index in [1.165, 1.54) is 11.8 Å². The summed E-state index contributed by atoms with van der Waals surface area (Å²) in [5.41, 5.74) is 3.00. The maximum absolute atomic E-state index is 12.2. The Morgan fingerprint density at radius 1 is 1.08 bits per heavy atom. The lowest BCUT2D eigenvalue weighted by Gasteiger charge is -1.95. The number of amidine groups is 1. The van der Waals surface area contributed by atoms with E-state index in [-0.39, 0.29) is 5.91 Å². The Morgan fingerprint density at radius 2 is 1.83 bits per heavy atom. The summed E-state index contributed by atoms with van der Waals surface area (Å²) in [6, 6.07) is 17.8. The van der Waals surface area contributed by atoms with E-state index in [0.29, 0.717) is 10.1 Å². The van der Waals surface area contributed by atoms with Crippen molar-refractivity contribution in [3.63, 3.8) is 0 Å². The standard InChI is InChI=1S/C19H15N3OS/c1-22-12-13(15-9-5-6-10-16(15)22)11-17-18(23)21-19(24-17)20-14-7-3-2-4-8-14/h2-12H,1H3,(H,20,21,23).